The number of thioether (sulfide) groups is 1. The molecule has 0 saturated carbocycles. The molecular formula is C16H21N3S. The lowest BCUT2D eigenvalue weighted by Crippen LogP contribution is -2.22. The molecule has 1 aromatic carbocycles. The van der Waals surface area contributed by atoms with Gasteiger partial charge in [0.25, 0.3) is 0 Å². The molecule has 2 heterocycles. The van der Waals surface area contributed by atoms with E-state index in [1.165, 1.54) is 35.6 Å². The van der Waals surface area contributed by atoms with Crippen molar-refractivity contribution in [3.8, 4) is 0 Å². The Hall–Kier alpha value is -1.26. The molecule has 1 atom stereocenters. The van der Waals surface area contributed by atoms with Crippen molar-refractivity contribution < 1.29 is 0 Å². The lowest BCUT2D eigenvalue weighted by atomic mass is 10.0. The lowest BCUT2D eigenvalue weighted by molar-refractivity contribution is 0.442. The van der Waals surface area contributed by atoms with Crippen molar-refractivity contribution in [3.05, 3.63) is 54.1 Å². The van der Waals surface area contributed by atoms with Crippen molar-refractivity contribution in [1.82, 2.24) is 9.55 Å². The minimum atomic E-state index is 0.0227. The van der Waals surface area contributed by atoms with E-state index in [4.69, 9.17) is 5.73 Å². The van der Waals surface area contributed by atoms with Crippen LogP contribution in [0.2, 0.25) is 0 Å². The third-order valence-electron chi connectivity index (χ3n) is 3.96. The van der Waals surface area contributed by atoms with Crippen LogP contribution in [-0.4, -0.2) is 21.1 Å². The molecule has 2 aromatic rings. The zero-order chi connectivity index (χ0) is 13.8. The highest BCUT2D eigenvalue weighted by Crippen LogP contribution is 2.29. The van der Waals surface area contributed by atoms with Crippen molar-refractivity contribution in [2.24, 2.45) is 5.73 Å². The van der Waals surface area contributed by atoms with E-state index in [1.807, 2.05) is 30.4 Å². The van der Waals surface area contributed by atoms with E-state index in [1.54, 1.807) is 0 Å². The predicted molar refractivity (Wildman–Crippen MR) is 84.9 cm³/mol. The number of aromatic nitrogens is 2. The zero-order valence-corrected chi connectivity index (χ0v) is 12.4. The van der Waals surface area contributed by atoms with E-state index in [2.05, 4.69) is 33.8 Å². The first-order valence-electron chi connectivity index (χ1n) is 7.23. The fourth-order valence-corrected chi connectivity index (χ4v) is 3.92. The van der Waals surface area contributed by atoms with Crippen LogP contribution in [-0.2, 0) is 6.42 Å². The maximum Gasteiger partial charge on any atom is 0.0951 e. The Labute approximate surface area is 124 Å². The average Bonchev–Trinajstić information content (AvgIpc) is 2.99. The van der Waals surface area contributed by atoms with Crippen molar-refractivity contribution in [1.29, 1.82) is 0 Å². The van der Waals surface area contributed by atoms with Gasteiger partial charge in [0.2, 0.25) is 0 Å². The number of rotatable bonds is 4. The second-order valence-corrected chi connectivity index (χ2v) is 6.59. The molecule has 2 N–H and O–H groups in total. The summed E-state index contributed by atoms with van der Waals surface area (Å²) in [4.78, 5) is 4.34. The van der Waals surface area contributed by atoms with Crippen LogP contribution in [0.3, 0.4) is 0 Å². The Morgan fingerprint density at radius 2 is 2.00 bits per heavy atom. The van der Waals surface area contributed by atoms with Gasteiger partial charge in [0.05, 0.1) is 18.1 Å². The summed E-state index contributed by atoms with van der Waals surface area (Å²) in [7, 11) is 0. The zero-order valence-electron chi connectivity index (χ0n) is 11.6. The van der Waals surface area contributed by atoms with E-state index in [9.17, 15) is 0 Å². The summed E-state index contributed by atoms with van der Waals surface area (Å²) < 4.78 is 2.31. The standard InChI is InChI=1S/C16H21N3S/c17-15(10-13-4-2-1-3-5-13)16-11-18-12-19(16)14-6-8-20-9-7-14/h1-5,11-12,14-15H,6-10,17H2/t15-/m1/s1. The maximum atomic E-state index is 6.41. The summed E-state index contributed by atoms with van der Waals surface area (Å²) in [6.07, 6.45) is 7.22. The van der Waals surface area contributed by atoms with Crippen LogP contribution in [0.15, 0.2) is 42.9 Å². The van der Waals surface area contributed by atoms with Gasteiger partial charge >= 0.3 is 0 Å². The fourth-order valence-electron chi connectivity index (χ4n) is 2.84. The summed E-state index contributed by atoms with van der Waals surface area (Å²) >= 11 is 2.05. The fraction of sp³-hybridized carbons (Fsp3) is 0.438. The molecule has 1 aromatic heterocycles. The Morgan fingerprint density at radius 3 is 2.75 bits per heavy atom. The van der Waals surface area contributed by atoms with Crippen molar-refractivity contribution in [2.45, 2.75) is 31.3 Å². The average molecular weight is 287 g/mol. The first-order chi connectivity index (χ1) is 9.84. The largest absolute Gasteiger partial charge is 0.330 e. The molecule has 4 heteroatoms. The third kappa shape index (κ3) is 3.07. The Morgan fingerprint density at radius 1 is 1.25 bits per heavy atom. The molecule has 0 radical (unpaired) electrons. The molecular weight excluding hydrogens is 266 g/mol. The molecule has 3 nitrogen and oxygen atoms in total. The topological polar surface area (TPSA) is 43.8 Å². The van der Waals surface area contributed by atoms with Gasteiger partial charge in [-0.25, -0.2) is 4.98 Å². The third-order valence-corrected chi connectivity index (χ3v) is 5.01. The van der Waals surface area contributed by atoms with Crippen LogP contribution in [0, 0.1) is 0 Å². The molecule has 0 bridgehead atoms. The van der Waals surface area contributed by atoms with E-state index >= 15 is 0 Å². The number of hydrogen-bond acceptors (Lipinski definition) is 3. The number of benzene rings is 1. The molecule has 0 amide bonds. The molecule has 3 rings (SSSR count). The summed E-state index contributed by atoms with van der Waals surface area (Å²) in [5.74, 6) is 2.49. The molecule has 1 aliphatic heterocycles. The van der Waals surface area contributed by atoms with E-state index < -0.39 is 0 Å². The molecule has 106 valence electrons. The Balaban J connectivity index is 1.75. The molecule has 1 saturated heterocycles. The summed E-state index contributed by atoms with van der Waals surface area (Å²) in [5, 5.41) is 0. The van der Waals surface area contributed by atoms with E-state index in [-0.39, 0.29) is 6.04 Å². The SMILES string of the molecule is N[C@H](Cc1ccccc1)c1cncn1C1CCSCC1. The number of imidazole rings is 1. The number of hydrogen-bond donors (Lipinski definition) is 1. The van der Waals surface area contributed by atoms with Crippen LogP contribution in [0.5, 0.6) is 0 Å². The van der Waals surface area contributed by atoms with Crippen LogP contribution in [0.1, 0.15) is 36.2 Å². The van der Waals surface area contributed by atoms with Gasteiger partial charge < -0.3 is 10.3 Å². The van der Waals surface area contributed by atoms with Crippen LogP contribution in [0.25, 0.3) is 0 Å². The molecule has 1 aliphatic rings. The maximum absolute atomic E-state index is 6.41. The number of nitrogens with zero attached hydrogens (tertiary/aromatic N) is 2. The summed E-state index contributed by atoms with van der Waals surface area (Å²) in [5.41, 5.74) is 8.87. The first-order valence-corrected chi connectivity index (χ1v) is 8.39. The van der Waals surface area contributed by atoms with Gasteiger partial charge in [0, 0.05) is 12.2 Å². The monoisotopic (exact) mass is 287 g/mol. The summed E-state index contributed by atoms with van der Waals surface area (Å²) in [6.45, 7) is 0. The Kier molecular flexibility index (Phi) is 4.43. The minimum absolute atomic E-state index is 0.0227. The van der Waals surface area contributed by atoms with Gasteiger partial charge in [-0.2, -0.15) is 11.8 Å². The lowest BCUT2D eigenvalue weighted by Gasteiger charge is -2.26. The van der Waals surface area contributed by atoms with Gasteiger partial charge in [-0.05, 0) is 36.3 Å². The normalized spacial score (nSPS) is 18.1. The van der Waals surface area contributed by atoms with Crippen LogP contribution in [0.4, 0.5) is 0 Å². The summed E-state index contributed by atoms with van der Waals surface area (Å²) in [6, 6.07) is 11.1. The van der Waals surface area contributed by atoms with Gasteiger partial charge in [0.1, 0.15) is 0 Å². The smallest absolute Gasteiger partial charge is 0.0951 e. The van der Waals surface area contributed by atoms with E-state index in [0.717, 1.165) is 6.42 Å². The van der Waals surface area contributed by atoms with Gasteiger partial charge in [-0.15, -0.1) is 0 Å². The minimum Gasteiger partial charge on any atom is -0.330 e. The highest BCUT2D eigenvalue weighted by molar-refractivity contribution is 7.99. The van der Waals surface area contributed by atoms with Gasteiger partial charge in [-0.1, -0.05) is 30.3 Å². The van der Waals surface area contributed by atoms with E-state index in [0.29, 0.717) is 6.04 Å². The molecule has 1 fully saturated rings. The molecule has 0 unspecified atom stereocenters. The molecule has 0 aliphatic carbocycles. The second kappa shape index (κ2) is 6.46. The van der Waals surface area contributed by atoms with Crippen LogP contribution < -0.4 is 5.73 Å². The van der Waals surface area contributed by atoms with Crippen LogP contribution >= 0.6 is 11.8 Å². The number of nitrogens with two attached hydrogens (primary N) is 1. The highest BCUT2D eigenvalue weighted by Gasteiger charge is 2.20. The highest BCUT2D eigenvalue weighted by atomic mass is 32.2. The molecule has 0 spiro atoms. The predicted octanol–water partition coefficient (Wildman–Crippen LogP) is 3.19. The second-order valence-electron chi connectivity index (χ2n) is 5.37. The van der Waals surface area contributed by atoms with Gasteiger partial charge in [0.15, 0.2) is 0 Å². The molecule has 20 heavy (non-hydrogen) atoms. The first kappa shape index (κ1) is 13.7. The quantitative estimate of drug-likeness (QED) is 0.939. The van der Waals surface area contributed by atoms with Crippen molar-refractivity contribution >= 4 is 11.8 Å². The van der Waals surface area contributed by atoms with Crippen molar-refractivity contribution in [2.75, 3.05) is 11.5 Å². The van der Waals surface area contributed by atoms with Gasteiger partial charge in [-0.3, -0.25) is 0 Å². The van der Waals surface area contributed by atoms with Crippen molar-refractivity contribution in [3.63, 3.8) is 0 Å². The Bertz CT molecular complexity index is 532.